The fourth-order valence-electron chi connectivity index (χ4n) is 0.0173. The Balaban J connectivity index is 3.33. The maximum Gasteiger partial charge on any atom is 0.429 e. The number of hydrogen-bond donors (Lipinski definition) is 0. The summed E-state index contributed by atoms with van der Waals surface area (Å²) in [5, 5.41) is 7.53. The van der Waals surface area contributed by atoms with E-state index >= 15 is 0 Å². The van der Waals surface area contributed by atoms with Gasteiger partial charge in [-0.05, 0) is 0 Å². The van der Waals surface area contributed by atoms with Crippen molar-refractivity contribution >= 4 is 17.8 Å². The van der Waals surface area contributed by atoms with Crippen LogP contribution < -0.4 is 0 Å². The van der Waals surface area contributed by atoms with Crippen molar-refractivity contribution in [2.75, 3.05) is 0 Å². The Labute approximate surface area is 39.2 Å². The molecule has 0 bridgehead atoms. The highest BCUT2D eigenvalue weighted by atomic mass is 35.5. The Morgan fingerprint density at radius 3 is 2.50 bits per heavy atom. The van der Waals surface area contributed by atoms with Crippen LogP contribution in [-0.4, -0.2) is 5.97 Å². The van der Waals surface area contributed by atoms with Crippen LogP contribution in [-0.2, 0) is 9.08 Å². The number of rotatable bonds is 0. The van der Waals surface area contributed by atoms with Gasteiger partial charge in [0.05, 0.1) is 0 Å². The van der Waals surface area contributed by atoms with Gasteiger partial charge in [0.2, 0.25) is 0 Å². The Kier molecular flexibility index (Phi) is 2.17. The number of hydrogen-bond acceptors (Lipinski definition) is 3. The van der Waals surface area contributed by atoms with Gasteiger partial charge in [-0.2, -0.15) is 5.26 Å². The van der Waals surface area contributed by atoms with Crippen LogP contribution in [0.1, 0.15) is 0 Å². The molecule has 0 rings (SSSR count). The summed E-state index contributed by atoms with van der Waals surface area (Å²) in [6, 6.07) is 1.12. The first-order valence-electron chi connectivity index (χ1n) is 1.04. The molecule has 32 valence electrons. The molecule has 0 aliphatic carbocycles. The maximum absolute atomic E-state index is 9.47. The third-order valence-corrected chi connectivity index (χ3v) is 0.302. The van der Waals surface area contributed by atoms with Crippen LogP contribution >= 0.6 is 11.9 Å². The second-order valence-electron chi connectivity index (χ2n) is 0.476. The van der Waals surface area contributed by atoms with Crippen LogP contribution in [0.2, 0.25) is 0 Å². The molecule has 3 nitrogen and oxygen atoms in total. The summed E-state index contributed by atoms with van der Waals surface area (Å²) in [5.41, 5.74) is 0. The van der Waals surface area contributed by atoms with Crippen LogP contribution in [0, 0.1) is 11.3 Å². The predicted octanol–water partition coefficient (Wildman–Crippen LogP) is 0.207. The second-order valence-corrected chi connectivity index (χ2v) is 0.631. The molecule has 0 heterocycles. The molecule has 0 aromatic rings. The van der Waals surface area contributed by atoms with Crippen LogP contribution in [0.5, 0.6) is 0 Å². The summed E-state index contributed by atoms with van der Waals surface area (Å²) in [4.78, 5) is 9.47. The molecule has 0 aliphatic rings. The molecule has 0 N–H and O–H groups in total. The molecule has 0 radical (unpaired) electrons. The van der Waals surface area contributed by atoms with E-state index in [2.05, 4.69) is 16.2 Å². The van der Waals surface area contributed by atoms with E-state index in [0.29, 0.717) is 0 Å². The highest BCUT2D eigenvalue weighted by molar-refractivity contribution is 6.15. The van der Waals surface area contributed by atoms with Crippen molar-refractivity contribution in [1.29, 1.82) is 5.26 Å². The molecule has 0 atom stereocenters. The third-order valence-electron chi connectivity index (χ3n) is 0.161. The summed E-state index contributed by atoms with van der Waals surface area (Å²) in [6.07, 6.45) is 0. The van der Waals surface area contributed by atoms with Crippen molar-refractivity contribution in [3.05, 3.63) is 0 Å². The number of halogens is 1. The summed E-state index contributed by atoms with van der Waals surface area (Å²) >= 11 is 4.38. The van der Waals surface area contributed by atoms with Gasteiger partial charge < -0.3 is 4.29 Å². The Morgan fingerprint density at radius 1 is 2.00 bits per heavy atom. The van der Waals surface area contributed by atoms with Crippen molar-refractivity contribution < 1.29 is 9.08 Å². The van der Waals surface area contributed by atoms with Crippen molar-refractivity contribution in [3.63, 3.8) is 0 Å². The second kappa shape index (κ2) is 2.49. The molecule has 0 aliphatic heterocycles. The minimum absolute atomic E-state index is 1.09. The van der Waals surface area contributed by atoms with E-state index in [1.54, 1.807) is 0 Å². The Bertz CT molecular complexity index is 94.2. The molecular formula is C2ClNO2. The number of nitrogens with zero attached hydrogens (tertiary/aromatic N) is 1. The zero-order valence-corrected chi connectivity index (χ0v) is 3.40. The van der Waals surface area contributed by atoms with Crippen molar-refractivity contribution in [3.8, 4) is 6.07 Å². The van der Waals surface area contributed by atoms with Crippen LogP contribution in [0.15, 0.2) is 0 Å². The van der Waals surface area contributed by atoms with Crippen molar-refractivity contribution in [1.82, 2.24) is 0 Å². The zero-order chi connectivity index (χ0) is 4.99. The number of nitriles is 1. The van der Waals surface area contributed by atoms with E-state index in [-0.39, 0.29) is 0 Å². The average molecular weight is 105 g/mol. The van der Waals surface area contributed by atoms with Gasteiger partial charge in [-0.1, -0.05) is 0 Å². The smallest absolute Gasteiger partial charge is 0.335 e. The standard InChI is InChI=1S/C2ClNO2/c3-6-2(5)1-4. The molecule has 0 unspecified atom stereocenters. The first kappa shape index (κ1) is 5.25. The van der Waals surface area contributed by atoms with Crippen molar-refractivity contribution in [2.45, 2.75) is 0 Å². The normalized spacial score (nSPS) is 6.00. The lowest BCUT2D eigenvalue weighted by molar-refractivity contribution is -0.127. The minimum atomic E-state index is -1.09. The highest BCUT2D eigenvalue weighted by Crippen LogP contribution is 1.76. The molecule has 0 fully saturated rings. The molecule has 6 heavy (non-hydrogen) atoms. The van der Waals surface area contributed by atoms with E-state index in [4.69, 9.17) is 5.26 Å². The van der Waals surface area contributed by atoms with Gasteiger partial charge >= 0.3 is 5.97 Å². The van der Waals surface area contributed by atoms with Gasteiger partial charge in [-0.15, -0.1) is 0 Å². The molecule has 0 amide bonds. The first-order valence-corrected chi connectivity index (χ1v) is 1.34. The van der Waals surface area contributed by atoms with E-state index in [0.717, 1.165) is 6.07 Å². The summed E-state index contributed by atoms with van der Waals surface area (Å²) in [6.45, 7) is 0. The fourth-order valence-corrected chi connectivity index (χ4v) is 0.0518. The van der Waals surface area contributed by atoms with Gasteiger partial charge in [-0.3, -0.25) is 0 Å². The molecule has 0 aromatic heterocycles. The van der Waals surface area contributed by atoms with Gasteiger partial charge in [0.1, 0.15) is 11.9 Å². The summed E-state index contributed by atoms with van der Waals surface area (Å²) < 4.78 is 3.37. The molecular weight excluding hydrogens is 105 g/mol. The molecule has 0 aromatic carbocycles. The van der Waals surface area contributed by atoms with Crippen molar-refractivity contribution in [2.24, 2.45) is 0 Å². The van der Waals surface area contributed by atoms with Crippen LogP contribution in [0.4, 0.5) is 0 Å². The van der Waals surface area contributed by atoms with Crippen LogP contribution in [0.3, 0.4) is 0 Å². The molecule has 0 saturated heterocycles. The van der Waals surface area contributed by atoms with Gasteiger partial charge in [0.25, 0.3) is 0 Å². The Morgan fingerprint density at radius 2 is 2.50 bits per heavy atom. The average Bonchev–Trinajstić information content (AvgIpc) is 1.65. The molecule has 4 heteroatoms. The lowest BCUT2D eigenvalue weighted by Crippen LogP contribution is -1.87. The quantitative estimate of drug-likeness (QED) is 0.414. The van der Waals surface area contributed by atoms with E-state index < -0.39 is 5.97 Å². The van der Waals surface area contributed by atoms with E-state index in [9.17, 15) is 4.79 Å². The first-order chi connectivity index (χ1) is 2.81. The SMILES string of the molecule is N#CC(=O)OCl. The maximum atomic E-state index is 9.47. The molecule has 0 spiro atoms. The topological polar surface area (TPSA) is 50.1 Å². The van der Waals surface area contributed by atoms with Gasteiger partial charge in [-0.25, -0.2) is 4.79 Å². The zero-order valence-electron chi connectivity index (χ0n) is 2.64. The monoisotopic (exact) mass is 105 g/mol. The largest absolute Gasteiger partial charge is 0.429 e. The fraction of sp³-hybridized carbons (Fsp3) is 0. The number of carbonyl (C=O) groups is 1. The highest BCUT2D eigenvalue weighted by Gasteiger charge is 1.90. The van der Waals surface area contributed by atoms with E-state index in [1.165, 1.54) is 0 Å². The lowest BCUT2D eigenvalue weighted by atomic mass is 10.8. The van der Waals surface area contributed by atoms with Gasteiger partial charge in [0.15, 0.2) is 6.07 Å². The number of carbonyl (C=O) groups excluding carboxylic acids is 1. The summed E-state index contributed by atoms with van der Waals surface area (Å²) in [7, 11) is 0. The minimum Gasteiger partial charge on any atom is -0.335 e. The Hall–Kier alpha value is -0.750. The molecule has 0 saturated carbocycles. The predicted molar refractivity (Wildman–Crippen MR) is 17.6 cm³/mol. The lowest BCUT2D eigenvalue weighted by Gasteiger charge is -1.71. The third kappa shape index (κ3) is 1.56. The van der Waals surface area contributed by atoms with Gasteiger partial charge in [0, 0.05) is 0 Å². The summed E-state index contributed by atoms with van der Waals surface area (Å²) in [5.74, 6) is -1.09. The van der Waals surface area contributed by atoms with E-state index in [1.807, 2.05) is 0 Å². The van der Waals surface area contributed by atoms with Crippen LogP contribution in [0.25, 0.3) is 0 Å².